The van der Waals surface area contributed by atoms with Gasteiger partial charge in [0, 0.05) is 32.2 Å². The number of carbonyl (C=O) groups excluding carboxylic acids is 1. The van der Waals surface area contributed by atoms with Crippen LogP contribution in [0.25, 0.3) is 0 Å². The zero-order chi connectivity index (χ0) is 13.0. The van der Waals surface area contributed by atoms with Crippen molar-refractivity contribution < 1.29 is 4.79 Å². The first-order valence-electron chi connectivity index (χ1n) is 7.47. The van der Waals surface area contributed by atoms with Crippen molar-refractivity contribution in [1.29, 1.82) is 0 Å². The molecule has 0 aromatic rings. The average molecular weight is 253 g/mol. The largest absolute Gasteiger partial charge is 0.337 e. The van der Waals surface area contributed by atoms with E-state index in [1.165, 1.54) is 12.8 Å². The minimum Gasteiger partial charge on any atom is -0.337 e. The molecule has 2 aliphatic rings. The summed E-state index contributed by atoms with van der Waals surface area (Å²) in [6, 6.07) is 0.927. The fourth-order valence-electron chi connectivity index (χ4n) is 2.67. The van der Waals surface area contributed by atoms with Crippen molar-refractivity contribution in [2.24, 2.45) is 5.92 Å². The quantitative estimate of drug-likeness (QED) is 0.812. The van der Waals surface area contributed by atoms with Gasteiger partial charge in [0.15, 0.2) is 0 Å². The van der Waals surface area contributed by atoms with Gasteiger partial charge in [0.1, 0.15) is 0 Å². The molecule has 1 aliphatic carbocycles. The minimum atomic E-state index is 0.133. The lowest BCUT2D eigenvalue weighted by molar-refractivity contribution is 0.172. The standard InChI is InChI=1S/C14H27N3O/c1-3-16(13-4-5-13)11-8-15-14(18)17-9-6-12(2)7-10-17/h12-13H,3-11H2,1-2H3,(H,15,18). The number of likely N-dealkylation sites (N-methyl/N-ethyl adjacent to an activating group) is 1. The van der Waals surface area contributed by atoms with Crippen LogP contribution in [0.15, 0.2) is 0 Å². The van der Waals surface area contributed by atoms with Crippen molar-refractivity contribution in [3.05, 3.63) is 0 Å². The number of nitrogens with one attached hydrogen (secondary N) is 1. The molecular weight excluding hydrogens is 226 g/mol. The summed E-state index contributed by atoms with van der Waals surface area (Å²) in [5.74, 6) is 0.777. The van der Waals surface area contributed by atoms with Gasteiger partial charge in [-0.15, -0.1) is 0 Å². The zero-order valence-corrected chi connectivity index (χ0v) is 11.8. The van der Waals surface area contributed by atoms with Gasteiger partial charge in [0.05, 0.1) is 0 Å². The summed E-state index contributed by atoms with van der Waals surface area (Å²) < 4.78 is 0. The SMILES string of the molecule is CCN(CCNC(=O)N1CCC(C)CC1)C1CC1. The van der Waals surface area contributed by atoms with Crippen molar-refractivity contribution in [3.63, 3.8) is 0 Å². The second kappa shape index (κ2) is 6.41. The number of amides is 2. The summed E-state index contributed by atoms with van der Waals surface area (Å²) in [7, 11) is 0. The van der Waals surface area contributed by atoms with E-state index < -0.39 is 0 Å². The molecule has 1 heterocycles. The van der Waals surface area contributed by atoms with Crippen LogP contribution in [-0.2, 0) is 0 Å². The van der Waals surface area contributed by atoms with Crippen LogP contribution in [-0.4, -0.2) is 54.6 Å². The highest BCUT2D eigenvalue weighted by molar-refractivity contribution is 5.74. The molecule has 0 unspecified atom stereocenters. The molecule has 1 saturated carbocycles. The van der Waals surface area contributed by atoms with Crippen LogP contribution in [0, 0.1) is 5.92 Å². The van der Waals surface area contributed by atoms with Gasteiger partial charge in [-0.25, -0.2) is 4.79 Å². The molecule has 0 spiro atoms. The monoisotopic (exact) mass is 253 g/mol. The molecule has 0 aromatic heterocycles. The third-order valence-corrected chi connectivity index (χ3v) is 4.22. The van der Waals surface area contributed by atoms with Gasteiger partial charge < -0.3 is 10.2 Å². The summed E-state index contributed by atoms with van der Waals surface area (Å²) >= 11 is 0. The highest BCUT2D eigenvalue weighted by atomic mass is 16.2. The zero-order valence-electron chi connectivity index (χ0n) is 11.8. The van der Waals surface area contributed by atoms with E-state index in [1.807, 2.05) is 4.90 Å². The molecule has 1 aliphatic heterocycles. The summed E-state index contributed by atoms with van der Waals surface area (Å²) in [5, 5.41) is 3.06. The van der Waals surface area contributed by atoms with Crippen molar-refractivity contribution in [2.45, 2.75) is 45.6 Å². The van der Waals surface area contributed by atoms with E-state index in [0.717, 1.165) is 57.5 Å². The number of urea groups is 1. The molecular formula is C14H27N3O. The first-order chi connectivity index (χ1) is 8.70. The van der Waals surface area contributed by atoms with Crippen LogP contribution in [0.3, 0.4) is 0 Å². The Kier molecular flexibility index (Phi) is 4.87. The summed E-state index contributed by atoms with van der Waals surface area (Å²) in [5.41, 5.74) is 0. The maximum absolute atomic E-state index is 12.0. The smallest absolute Gasteiger partial charge is 0.317 e. The molecule has 18 heavy (non-hydrogen) atoms. The number of rotatable bonds is 5. The average Bonchev–Trinajstić information content (AvgIpc) is 3.19. The van der Waals surface area contributed by atoms with Crippen LogP contribution >= 0.6 is 0 Å². The second-order valence-corrected chi connectivity index (χ2v) is 5.76. The number of likely N-dealkylation sites (tertiary alicyclic amines) is 1. The fourth-order valence-corrected chi connectivity index (χ4v) is 2.67. The van der Waals surface area contributed by atoms with E-state index in [1.54, 1.807) is 0 Å². The molecule has 1 saturated heterocycles. The predicted octanol–water partition coefficient (Wildman–Crippen LogP) is 1.91. The molecule has 4 heteroatoms. The van der Waals surface area contributed by atoms with Gasteiger partial charge in [0.25, 0.3) is 0 Å². The Morgan fingerprint density at radius 3 is 2.50 bits per heavy atom. The Morgan fingerprint density at radius 1 is 1.28 bits per heavy atom. The lowest BCUT2D eigenvalue weighted by Gasteiger charge is -2.30. The van der Waals surface area contributed by atoms with Crippen LogP contribution in [0.1, 0.15) is 39.5 Å². The first-order valence-corrected chi connectivity index (χ1v) is 7.47. The van der Waals surface area contributed by atoms with Crippen LogP contribution in [0.5, 0.6) is 0 Å². The lowest BCUT2D eigenvalue weighted by Crippen LogP contribution is -2.46. The Labute approximate surface area is 111 Å². The highest BCUT2D eigenvalue weighted by Crippen LogP contribution is 2.25. The van der Waals surface area contributed by atoms with E-state index in [9.17, 15) is 4.79 Å². The number of piperidine rings is 1. The van der Waals surface area contributed by atoms with E-state index in [-0.39, 0.29) is 6.03 Å². The second-order valence-electron chi connectivity index (χ2n) is 5.76. The van der Waals surface area contributed by atoms with E-state index in [4.69, 9.17) is 0 Å². The Balaban J connectivity index is 1.62. The number of carbonyl (C=O) groups is 1. The first kappa shape index (κ1) is 13.7. The molecule has 2 rings (SSSR count). The van der Waals surface area contributed by atoms with Crippen molar-refractivity contribution in [3.8, 4) is 0 Å². The van der Waals surface area contributed by atoms with Crippen molar-refractivity contribution in [2.75, 3.05) is 32.7 Å². The molecule has 4 nitrogen and oxygen atoms in total. The van der Waals surface area contributed by atoms with Crippen LogP contribution in [0.2, 0.25) is 0 Å². The van der Waals surface area contributed by atoms with E-state index in [2.05, 4.69) is 24.1 Å². The highest BCUT2D eigenvalue weighted by Gasteiger charge is 2.27. The van der Waals surface area contributed by atoms with E-state index in [0.29, 0.717) is 0 Å². The summed E-state index contributed by atoms with van der Waals surface area (Å²) in [6.07, 6.45) is 4.98. The van der Waals surface area contributed by atoms with Gasteiger partial charge >= 0.3 is 6.03 Å². The molecule has 0 radical (unpaired) electrons. The molecule has 1 N–H and O–H groups in total. The van der Waals surface area contributed by atoms with Gasteiger partial charge in [-0.05, 0) is 38.1 Å². The number of hydrogen-bond donors (Lipinski definition) is 1. The third kappa shape index (κ3) is 3.87. The Hall–Kier alpha value is -0.770. The fraction of sp³-hybridized carbons (Fsp3) is 0.929. The molecule has 0 aromatic carbocycles. The molecule has 0 atom stereocenters. The third-order valence-electron chi connectivity index (χ3n) is 4.22. The molecule has 0 bridgehead atoms. The normalized spacial score (nSPS) is 21.4. The minimum absolute atomic E-state index is 0.133. The predicted molar refractivity (Wildman–Crippen MR) is 73.6 cm³/mol. The number of nitrogens with zero attached hydrogens (tertiary/aromatic N) is 2. The van der Waals surface area contributed by atoms with Crippen molar-refractivity contribution >= 4 is 6.03 Å². The molecule has 2 amide bonds. The summed E-state index contributed by atoms with van der Waals surface area (Å²) in [4.78, 5) is 16.4. The van der Waals surface area contributed by atoms with Gasteiger partial charge in [-0.2, -0.15) is 0 Å². The maximum Gasteiger partial charge on any atom is 0.317 e. The van der Waals surface area contributed by atoms with Gasteiger partial charge in [-0.3, -0.25) is 4.90 Å². The lowest BCUT2D eigenvalue weighted by atomic mass is 10.00. The van der Waals surface area contributed by atoms with E-state index >= 15 is 0 Å². The molecule has 2 fully saturated rings. The molecule has 104 valence electrons. The Bertz CT molecular complexity index is 270. The maximum atomic E-state index is 12.0. The van der Waals surface area contributed by atoms with Gasteiger partial charge in [0.2, 0.25) is 0 Å². The van der Waals surface area contributed by atoms with Gasteiger partial charge in [-0.1, -0.05) is 13.8 Å². The topological polar surface area (TPSA) is 35.6 Å². The van der Waals surface area contributed by atoms with Crippen molar-refractivity contribution in [1.82, 2.24) is 15.1 Å². The van der Waals surface area contributed by atoms with Crippen LogP contribution < -0.4 is 5.32 Å². The number of hydrogen-bond acceptors (Lipinski definition) is 2. The Morgan fingerprint density at radius 2 is 1.94 bits per heavy atom. The van der Waals surface area contributed by atoms with Crippen LogP contribution in [0.4, 0.5) is 4.79 Å². The summed E-state index contributed by atoms with van der Waals surface area (Å²) in [6.45, 7) is 9.20.